The molecule has 2 N–H and O–H groups in total. The van der Waals surface area contributed by atoms with Gasteiger partial charge in [0.05, 0.1) is 17.4 Å². The van der Waals surface area contributed by atoms with Gasteiger partial charge in [-0.2, -0.15) is 5.10 Å². The number of aliphatic imine (C=N–C) groups is 1. The van der Waals surface area contributed by atoms with Gasteiger partial charge in [0, 0.05) is 31.9 Å². The molecule has 3 aromatic heterocycles. The molecule has 0 radical (unpaired) electrons. The molecule has 29 heavy (non-hydrogen) atoms. The van der Waals surface area contributed by atoms with Gasteiger partial charge in [0.15, 0.2) is 5.69 Å². The second kappa shape index (κ2) is 8.03. The topological polar surface area (TPSA) is 102 Å². The lowest BCUT2D eigenvalue weighted by Gasteiger charge is -2.18. The van der Waals surface area contributed by atoms with Crippen molar-refractivity contribution >= 4 is 29.3 Å². The van der Waals surface area contributed by atoms with Crippen molar-refractivity contribution in [3.05, 3.63) is 35.9 Å². The average molecular weight is 402 g/mol. The molecule has 0 aromatic carbocycles. The van der Waals surface area contributed by atoms with Crippen molar-refractivity contribution in [3.63, 3.8) is 0 Å². The summed E-state index contributed by atoms with van der Waals surface area (Å²) in [5.74, 6) is -0.0400. The summed E-state index contributed by atoms with van der Waals surface area (Å²) in [6.45, 7) is 1.87. The van der Waals surface area contributed by atoms with Crippen LogP contribution in [0.15, 0.2) is 29.5 Å². The Hall–Kier alpha value is -3.21. The lowest BCUT2D eigenvalue weighted by atomic mass is 10.0. The van der Waals surface area contributed by atoms with Crippen molar-refractivity contribution in [2.45, 2.75) is 19.3 Å². The number of carbonyl (C=O) groups excluding carboxylic acids is 1. The van der Waals surface area contributed by atoms with Crippen LogP contribution in [0.4, 0.5) is 20.4 Å². The van der Waals surface area contributed by atoms with Crippen molar-refractivity contribution in [1.82, 2.24) is 29.7 Å². The first-order valence-electron chi connectivity index (χ1n) is 9.24. The Balaban J connectivity index is 1.57. The van der Waals surface area contributed by atoms with Crippen LogP contribution in [0.1, 0.15) is 35.4 Å². The number of alkyl halides is 2. The summed E-state index contributed by atoms with van der Waals surface area (Å²) >= 11 is 0. The highest BCUT2D eigenvalue weighted by Crippen LogP contribution is 2.25. The molecule has 9 nitrogen and oxygen atoms in total. The van der Waals surface area contributed by atoms with E-state index in [0.717, 1.165) is 25.9 Å². The van der Waals surface area contributed by atoms with E-state index in [1.165, 1.54) is 22.4 Å². The molecule has 4 rings (SSSR count). The van der Waals surface area contributed by atoms with Crippen LogP contribution in [0.25, 0.3) is 5.52 Å². The van der Waals surface area contributed by atoms with Crippen LogP contribution in [0.5, 0.6) is 0 Å². The van der Waals surface area contributed by atoms with E-state index in [-0.39, 0.29) is 17.3 Å². The third kappa shape index (κ3) is 4.14. The maximum absolute atomic E-state index is 13.1. The Bertz CT molecular complexity index is 1050. The van der Waals surface area contributed by atoms with Crippen LogP contribution in [0, 0.1) is 5.92 Å². The van der Waals surface area contributed by atoms with E-state index in [1.807, 2.05) is 6.21 Å². The molecule has 0 spiro atoms. The predicted octanol–water partition coefficient (Wildman–Crippen LogP) is 2.35. The van der Waals surface area contributed by atoms with E-state index >= 15 is 0 Å². The lowest BCUT2D eigenvalue weighted by Crippen LogP contribution is -2.30. The monoisotopic (exact) mass is 402 g/mol. The average Bonchev–Trinajstić information content (AvgIpc) is 3.30. The molecule has 0 aliphatic carbocycles. The summed E-state index contributed by atoms with van der Waals surface area (Å²) < 4.78 is 28.8. The van der Waals surface area contributed by atoms with Crippen LogP contribution < -0.4 is 10.6 Å². The van der Waals surface area contributed by atoms with Gasteiger partial charge in [0.1, 0.15) is 5.69 Å². The highest BCUT2D eigenvalue weighted by Gasteiger charge is 2.21. The van der Waals surface area contributed by atoms with Gasteiger partial charge >= 0.3 is 0 Å². The van der Waals surface area contributed by atoms with Crippen molar-refractivity contribution in [2.75, 3.05) is 18.4 Å². The number of fused-ring (bicyclic) bond motifs is 1. The van der Waals surface area contributed by atoms with Gasteiger partial charge in [-0.15, -0.1) is 5.10 Å². The van der Waals surface area contributed by atoms with E-state index < -0.39 is 18.0 Å². The van der Waals surface area contributed by atoms with Crippen molar-refractivity contribution in [2.24, 2.45) is 18.0 Å². The summed E-state index contributed by atoms with van der Waals surface area (Å²) in [6, 6.07) is 3.22. The van der Waals surface area contributed by atoms with Crippen LogP contribution >= 0.6 is 0 Å². The summed E-state index contributed by atoms with van der Waals surface area (Å²) in [5.41, 5.74) is 0.248. The third-order valence-electron chi connectivity index (χ3n) is 4.67. The minimum atomic E-state index is -2.80. The molecule has 0 bridgehead atoms. The first-order chi connectivity index (χ1) is 14.0. The van der Waals surface area contributed by atoms with Crippen LogP contribution in [-0.2, 0) is 7.05 Å². The lowest BCUT2D eigenvalue weighted by molar-refractivity contribution is 0.101. The maximum Gasteiger partial charge on any atom is 0.284 e. The second-order valence-electron chi connectivity index (χ2n) is 6.85. The normalized spacial score (nSPS) is 17.4. The fourth-order valence-corrected chi connectivity index (χ4v) is 3.25. The second-order valence-corrected chi connectivity index (χ2v) is 6.85. The molecule has 11 heteroatoms. The van der Waals surface area contributed by atoms with Crippen molar-refractivity contribution in [3.8, 4) is 0 Å². The Morgan fingerprint density at radius 2 is 2.28 bits per heavy atom. The number of aryl methyl sites for hydroxylation is 1. The number of amides is 1. The van der Waals surface area contributed by atoms with E-state index in [9.17, 15) is 13.6 Å². The molecular formula is C18H20F2N8O. The van der Waals surface area contributed by atoms with Gasteiger partial charge in [-0.25, -0.2) is 23.3 Å². The highest BCUT2D eigenvalue weighted by atomic mass is 19.3. The van der Waals surface area contributed by atoms with E-state index in [0.29, 0.717) is 11.4 Å². The molecule has 1 aliphatic rings. The molecule has 152 valence electrons. The first-order valence-corrected chi connectivity index (χ1v) is 9.24. The number of rotatable bonds is 5. The third-order valence-corrected chi connectivity index (χ3v) is 4.67. The molecule has 1 fully saturated rings. The number of nitrogens with zero attached hydrogens (tertiary/aromatic N) is 6. The minimum Gasteiger partial charge on any atom is -0.318 e. The minimum absolute atomic E-state index is 0.0421. The smallest absolute Gasteiger partial charge is 0.284 e. The predicted molar refractivity (Wildman–Crippen MR) is 103 cm³/mol. The number of aromatic nitrogens is 5. The van der Waals surface area contributed by atoms with Gasteiger partial charge in [0.2, 0.25) is 0 Å². The van der Waals surface area contributed by atoms with Gasteiger partial charge in [-0.05, 0) is 31.5 Å². The van der Waals surface area contributed by atoms with E-state index in [2.05, 4.69) is 30.8 Å². The Kier molecular flexibility index (Phi) is 5.30. The number of carbonyl (C=O) groups is 1. The summed E-state index contributed by atoms with van der Waals surface area (Å²) in [4.78, 5) is 21.2. The number of hydrogen-bond acceptors (Lipinski definition) is 6. The largest absolute Gasteiger partial charge is 0.318 e. The molecule has 3 aromatic rings. The number of piperidine rings is 1. The molecule has 0 saturated carbocycles. The molecule has 1 unspecified atom stereocenters. The molecule has 1 amide bonds. The zero-order valence-electron chi connectivity index (χ0n) is 15.7. The quantitative estimate of drug-likeness (QED) is 0.638. The maximum atomic E-state index is 13.1. The van der Waals surface area contributed by atoms with Crippen molar-refractivity contribution in [1.29, 1.82) is 0 Å². The Labute approximate surface area is 164 Å². The SMILES string of the molecule is Cn1cc(NC(=O)c2ccc3cnc(/N=C\C4CCCNC4)nn23)c(C(F)F)n1. The van der Waals surface area contributed by atoms with Gasteiger partial charge in [0.25, 0.3) is 18.3 Å². The standard InChI is InChI=1S/C18H20F2N8O/c1-27-10-13(15(25-27)16(19)20)24-17(29)14-5-4-12-9-23-18(26-28(12)14)22-8-11-3-2-6-21-7-11/h4-5,8-11,16,21H,2-3,6-7H2,1H3,(H,24,29)/b22-8-. The number of nitrogens with one attached hydrogen (secondary N) is 2. The summed E-state index contributed by atoms with van der Waals surface area (Å²) in [6.07, 6.45) is 4.05. The Morgan fingerprint density at radius 1 is 1.41 bits per heavy atom. The van der Waals surface area contributed by atoms with Gasteiger partial charge in [-0.3, -0.25) is 9.48 Å². The van der Waals surface area contributed by atoms with E-state index in [1.54, 1.807) is 18.3 Å². The molecule has 1 atom stereocenters. The molecule has 1 aliphatic heterocycles. The number of hydrogen-bond donors (Lipinski definition) is 2. The van der Waals surface area contributed by atoms with Crippen LogP contribution in [0.2, 0.25) is 0 Å². The number of halogens is 2. The summed E-state index contributed by atoms with van der Waals surface area (Å²) in [5, 5.41) is 13.8. The molecule has 4 heterocycles. The molecule has 1 saturated heterocycles. The fourth-order valence-electron chi connectivity index (χ4n) is 3.25. The zero-order chi connectivity index (χ0) is 20.4. The first kappa shape index (κ1) is 19.1. The van der Waals surface area contributed by atoms with Crippen molar-refractivity contribution < 1.29 is 13.6 Å². The zero-order valence-corrected chi connectivity index (χ0v) is 15.7. The van der Waals surface area contributed by atoms with Gasteiger partial charge in [-0.1, -0.05) is 0 Å². The number of anilines is 1. The Morgan fingerprint density at radius 3 is 3.03 bits per heavy atom. The van der Waals surface area contributed by atoms with Crippen LogP contribution in [0.3, 0.4) is 0 Å². The molecular weight excluding hydrogens is 382 g/mol. The fraction of sp³-hybridized carbons (Fsp3) is 0.389. The van der Waals surface area contributed by atoms with Gasteiger partial charge < -0.3 is 10.6 Å². The van der Waals surface area contributed by atoms with Crippen LogP contribution in [-0.4, -0.2) is 49.6 Å². The summed E-state index contributed by atoms with van der Waals surface area (Å²) in [7, 11) is 1.51. The van der Waals surface area contributed by atoms with E-state index in [4.69, 9.17) is 0 Å². The highest BCUT2D eigenvalue weighted by molar-refractivity contribution is 6.04.